The number of ether oxygens (including phenoxy) is 1. The van der Waals surface area contributed by atoms with Crippen molar-refractivity contribution in [2.45, 2.75) is 44.3 Å². The van der Waals surface area contributed by atoms with Crippen LogP contribution >= 0.6 is 0 Å². The van der Waals surface area contributed by atoms with Gasteiger partial charge in [-0.25, -0.2) is 9.97 Å². The van der Waals surface area contributed by atoms with E-state index in [1.165, 1.54) is 10.9 Å². The highest BCUT2D eigenvalue weighted by Crippen LogP contribution is 2.30. The summed E-state index contributed by atoms with van der Waals surface area (Å²) in [6.45, 7) is 1.55. The quantitative estimate of drug-likeness (QED) is 0.550. The van der Waals surface area contributed by atoms with Crippen molar-refractivity contribution >= 4 is 11.2 Å². The molecule has 0 bridgehead atoms. The highest BCUT2D eigenvalue weighted by Gasteiger charge is 2.44. The normalized spacial score (nSPS) is 28.5. The van der Waals surface area contributed by atoms with Crippen LogP contribution in [0.25, 0.3) is 11.2 Å². The van der Waals surface area contributed by atoms with Gasteiger partial charge in [-0.15, -0.1) is 0 Å². The minimum absolute atomic E-state index is 0.137. The smallest absolute Gasteiger partial charge is 0.279 e. The number of aromatic nitrogens is 4. The van der Waals surface area contributed by atoms with Crippen molar-refractivity contribution in [2.24, 2.45) is 0 Å². The molecule has 0 aliphatic carbocycles. The monoisotopic (exact) mass is 310 g/mol. The van der Waals surface area contributed by atoms with Crippen LogP contribution in [-0.4, -0.2) is 59.8 Å². The highest BCUT2D eigenvalue weighted by atomic mass is 16.6. The minimum Gasteiger partial charge on any atom is -0.394 e. The molecule has 0 amide bonds. The fraction of sp³-hybridized carbons (Fsp3) is 0.615. The summed E-state index contributed by atoms with van der Waals surface area (Å²) in [5, 5.41) is 29.1. The molecule has 4 N–H and O–H groups in total. The van der Waals surface area contributed by atoms with Crippen LogP contribution in [0.3, 0.4) is 0 Å². The van der Waals surface area contributed by atoms with Gasteiger partial charge in [-0.3, -0.25) is 9.36 Å². The van der Waals surface area contributed by atoms with Crippen LogP contribution < -0.4 is 5.56 Å². The minimum atomic E-state index is -1.25. The van der Waals surface area contributed by atoms with Gasteiger partial charge in [-0.05, 0) is 6.42 Å². The number of aromatic amines is 1. The van der Waals surface area contributed by atoms with Gasteiger partial charge in [0.1, 0.15) is 24.1 Å². The number of aryl methyl sites for hydroxylation is 1. The van der Waals surface area contributed by atoms with E-state index in [0.29, 0.717) is 12.2 Å². The van der Waals surface area contributed by atoms with Crippen molar-refractivity contribution in [3.63, 3.8) is 0 Å². The molecule has 0 radical (unpaired) electrons. The zero-order valence-electron chi connectivity index (χ0n) is 12.0. The van der Waals surface area contributed by atoms with E-state index in [-0.39, 0.29) is 16.7 Å². The van der Waals surface area contributed by atoms with Gasteiger partial charge < -0.3 is 25.0 Å². The Hall–Kier alpha value is -1.81. The summed E-state index contributed by atoms with van der Waals surface area (Å²) in [5.41, 5.74) is 0.0542. The second-order valence-corrected chi connectivity index (χ2v) is 5.32. The predicted molar refractivity (Wildman–Crippen MR) is 75.2 cm³/mol. The average Bonchev–Trinajstić information content (AvgIpc) is 3.03. The number of imidazole rings is 1. The number of rotatable bonds is 4. The van der Waals surface area contributed by atoms with Gasteiger partial charge in [0.2, 0.25) is 0 Å². The van der Waals surface area contributed by atoms with Crippen molar-refractivity contribution in [1.82, 2.24) is 19.5 Å². The fourth-order valence-corrected chi connectivity index (χ4v) is 2.62. The van der Waals surface area contributed by atoms with Crippen LogP contribution in [0.5, 0.6) is 0 Å². The molecule has 0 spiro atoms. The van der Waals surface area contributed by atoms with Crippen LogP contribution in [0.4, 0.5) is 0 Å². The fourth-order valence-electron chi connectivity index (χ4n) is 2.62. The van der Waals surface area contributed by atoms with Gasteiger partial charge in [0.15, 0.2) is 17.4 Å². The SMILES string of the molecule is CCCc1nc2c(ncn2[C@@H]2O[C@H](CO)[C@@H](O)[C@H]2O)c(=O)[nH]1. The molecule has 2 aromatic rings. The maximum Gasteiger partial charge on any atom is 0.279 e. The molecule has 1 aliphatic rings. The number of aliphatic hydroxyl groups is 3. The second kappa shape index (κ2) is 5.76. The number of H-pyrrole nitrogens is 1. The summed E-state index contributed by atoms with van der Waals surface area (Å²) in [4.78, 5) is 23.0. The molecule has 1 aliphatic heterocycles. The van der Waals surface area contributed by atoms with Crippen LogP contribution in [-0.2, 0) is 11.2 Å². The van der Waals surface area contributed by atoms with E-state index < -0.39 is 31.1 Å². The van der Waals surface area contributed by atoms with Crippen LogP contribution in [0.15, 0.2) is 11.1 Å². The summed E-state index contributed by atoms with van der Waals surface area (Å²) in [7, 11) is 0. The van der Waals surface area contributed by atoms with E-state index in [0.717, 1.165) is 6.42 Å². The molecule has 0 saturated carbocycles. The molecule has 22 heavy (non-hydrogen) atoms. The third kappa shape index (κ3) is 2.31. The predicted octanol–water partition coefficient (Wildman–Crippen LogP) is -1.32. The maximum absolute atomic E-state index is 12.0. The van der Waals surface area contributed by atoms with Crippen LogP contribution in [0.1, 0.15) is 25.4 Å². The lowest BCUT2D eigenvalue weighted by Gasteiger charge is -2.16. The van der Waals surface area contributed by atoms with E-state index in [1.807, 2.05) is 6.92 Å². The van der Waals surface area contributed by atoms with Gasteiger partial charge in [-0.1, -0.05) is 6.92 Å². The molecule has 3 heterocycles. The number of aliphatic hydroxyl groups excluding tert-OH is 3. The lowest BCUT2D eigenvalue weighted by molar-refractivity contribution is -0.0511. The molecule has 0 unspecified atom stereocenters. The summed E-state index contributed by atoms with van der Waals surface area (Å²) in [6.07, 6.45) is -1.56. The summed E-state index contributed by atoms with van der Waals surface area (Å²) < 4.78 is 6.86. The van der Waals surface area contributed by atoms with Crippen LogP contribution in [0.2, 0.25) is 0 Å². The number of hydrogen-bond donors (Lipinski definition) is 4. The molecule has 1 saturated heterocycles. The van der Waals surface area contributed by atoms with Crippen molar-refractivity contribution in [3.05, 3.63) is 22.5 Å². The number of nitrogens with one attached hydrogen (secondary N) is 1. The van der Waals surface area contributed by atoms with Crippen molar-refractivity contribution in [3.8, 4) is 0 Å². The standard InChI is InChI=1S/C13H18N4O5/c1-2-3-7-15-11-8(12(21)16-7)14-5-17(11)13-10(20)9(19)6(4-18)22-13/h5-6,9-10,13,18-20H,2-4H2,1H3,(H,15,16,21)/t6-,9-,10-,13-/m1/s1. The van der Waals surface area contributed by atoms with Gasteiger partial charge >= 0.3 is 0 Å². The molecule has 3 rings (SSSR count). The molecule has 9 heteroatoms. The highest BCUT2D eigenvalue weighted by molar-refractivity contribution is 5.69. The second-order valence-electron chi connectivity index (χ2n) is 5.32. The largest absolute Gasteiger partial charge is 0.394 e. The third-order valence-electron chi connectivity index (χ3n) is 3.76. The molecule has 2 aromatic heterocycles. The molecular formula is C13H18N4O5. The first-order chi connectivity index (χ1) is 10.6. The lowest BCUT2D eigenvalue weighted by Crippen LogP contribution is -2.33. The first-order valence-electron chi connectivity index (χ1n) is 7.15. The van der Waals surface area contributed by atoms with Gasteiger partial charge in [0, 0.05) is 6.42 Å². The van der Waals surface area contributed by atoms with E-state index in [1.54, 1.807) is 0 Å². The van der Waals surface area contributed by atoms with Crippen molar-refractivity contribution in [2.75, 3.05) is 6.61 Å². The average molecular weight is 310 g/mol. The Balaban J connectivity index is 2.06. The van der Waals surface area contributed by atoms with E-state index in [4.69, 9.17) is 9.84 Å². The molecule has 9 nitrogen and oxygen atoms in total. The Kier molecular flexibility index (Phi) is 3.96. The van der Waals surface area contributed by atoms with Crippen molar-refractivity contribution in [1.29, 1.82) is 0 Å². The third-order valence-corrected chi connectivity index (χ3v) is 3.76. The molecule has 1 fully saturated rings. The first-order valence-corrected chi connectivity index (χ1v) is 7.15. The Morgan fingerprint density at radius 2 is 2.18 bits per heavy atom. The van der Waals surface area contributed by atoms with Gasteiger partial charge in [-0.2, -0.15) is 0 Å². The Morgan fingerprint density at radius 1 is 1.41 bits per heavy atom. The van der Waals surface area contributed by atoms with Crippen molar-refractivity contribution < 1.29 is 20.1 Å². The number of fused-ring (bicyclic) bond motifs is 1. The molecule has 0 aromatic carbocycles. The zero-order chi connectivity index (χ0) is 15.9. The van der Waals surface area contributed by atoms with Gasteiger partial charge in [0.25, 0.3) is 5.56 Å². The summed E-state index contributed by atoms with van der Waals surface area (Å²) >= 11 is 0. The Bertz CT molecular complexity index is 727. The number of hydrogen-bond acceptors (Lipinski definition) is 7. The topological polar surface area (TPSA) is 133 Å². The molecule has 120 valence electrons. The summed E-state index contributed by atoms with van der Waals surface area (Å²) in [6, 6.07) is 0. The van der Waals surface area contributed by atoms with E-state index >= 15 is 0 Å². The lowest BCUT2D eigenvalue weighted by atomic mass is 10.1. The summed E-state index contributed by atoms with van der Waals surface area (Å²) in [5.74, 6) is 0.522. The molecule has 4 atom stereocenters. The molecular weight excluding hydrogens is 292 g/mol. The van der Waals surface area contributed by atoms with Crippen LogP contribution in [0, 0.1) is 0 Å². The Labute approximate surface area is 125 Å². The maximum atomic E-state index is 12.0. The first kappa shape index (κ1) is 15.1. The Morgan fingerprint density at radius 3 is 2.82 bits per heavy atom. The van der Waals surface area contributed by atoms with E-state index in [2.05, 4.69) is 15.0 Å². The van der Waals surface area contributed by atoms with Gasteiger partial charge in [0.05, 0.1) is 12.9 Å². The number of nitrogens with zero attached hydrogens (tertiary/aromatic N) is 3. The zero-order valence-corrected chi connectivity index (χ0v) is 12.0. The van der Waals surface area contributed by atoms with E-state index in [9.17, 15) is 15.0 Å².